The van der Waals surface area contributed by atoms with Crippen molar-refractivity contribution in [3.8, 4) is 0 Å². The van der Waals surface area contributed by atoms with Crippen molar-refractivity contribution in [1.82, 2.24) is 15.6 Å². The number of rotatable bonds is 10. The number of carbonyl (C=O) groups excluding carboxylic acids is 2. The Hall–Kier alpha value is -4.98. The number of carbonyl (C=O) groups is 2. The maximum atomic E-state index is 12.8. The molecule has 0 aliphatic rings. The van der Waals surface area contributed by atoms with E-state index in [0.29, 0.717) is 31.9 Å². The number of fused-ring (bicyclic) bond motifs is 1. The molecule has 3 aromatic carbocycles. The van der Waals surface area contributed by atoms with Gasteiger partial charge in [-0.15, -0.1) is 0 Å². The predicted octanol–water partition coefficient (Wildman–Crippen LogP) is 4.02. The van der Waals surface area contributed by atoms with Gasteiger partial charge in [0.2, 0.25) is 5.91 Å². The number of benzene rings is 3. The first kappa shape index (κ1) is 28.0. The van der Waals surface area contributed by atoms with Crippen molar-refractivity contribution in [1.29, 1.82) is 0 Å². The lowest BCUT2D eigenvalue weighted by Crippen LogP contribution is -2.26. The van der Waals surface area contributed by atoms with Gasteiger partial charge in [-0.1, -0.05) is 54.6 Å². The van der Waals surface area contributed by atoms with Gasteiger partial charge in [0.15, 0.2) is 0 Å². The molecule has 0 bridgehead atoms. The first-order chi connectivity index (χ1) is 19.4. The van der Waals surface area contributed by atoms with Gasteiger partial charge < -0.3 is 22.1 Å². The molecule has 2 amide bonds. The van der Waals surface area contributed by atoms with Crippen LogP contribution in [0, 0.1) is 13.8 Å². The first-order valence-corrected chi connectivity index (χ1v) is 13.1. The van der Waals surface area contributed by atoms with Crippen molar-refractivity contribution < 1.29 is 9.59 Å². The van der Waals surface area contributed by atoms with E-state index in [1.54, 1.807) is 6.20 Å². The lowest BCUT2D eigenvalue weighted by Gasteiger charge is -2.15. The SMILES string of the molecule is Cc1cc2c(N)nccc2c(C)c1CNC(=O)/C(C=NCc1ccc(CC(=O)NCc2ccccc2)cc1)=C/N. The number of nitrogens with zero attached hydrogens (tertiary/aromatic N) is 2. The van der Waals surface area contributed by atoms with Crippen LogP contribution in [-0.2, 0) is 35.6 Å². The predicted molar refractivity (Wildman–Crippen MR) is 160 cm³/mol. The molecule has 4 rings (SSSR count). The fourth-order valence-corrected chi connectivity index (χ4v) is 4.51. The van der Waals surface area contributed by atoms with Crippen LogP contribution >= 0.6 is 0 Å². The Bertz CT molecular complexity index is 1560. The Morgan fingerprint density at radius 2 is 1.62 bits per heavy atom. The van der Waals surface area contributed by atoms with Gasteiger partial charge in [-0.05, 0) is 64.7 Å². The van der Waals surface area contributed by atoms with Gasteiger partial charge in [-0.25, -0.2) is 4.98 Å². The summed E-state index contributed by atoms with van der Waals surface area (Å²) in [5.41, 5.74) is 18.1. The molecule has 8 heteroatoms. The molecule has 0 saturated heterocycles. The van der Waals surface area contributed by atoms with E-state index in [2.05, 4.69) is 20.6 Å². The summed E-state index contributed by atoms with van der Waals surface area (Å²) in [6, 6.07) is 21.4. The Balaban J connectivity index is 1.28. The lowest BCUT2D eigenvalue weighted by molar-refractivity contribution is -0.120. The Kier molecular flexibility index (Phi) is 9.25. The second kappa shape index (κ2) is 13.2. The van der Waals surface area contributed by atoms with E-state index in [0.717, 1.165) is 44.2 Å². The molecule has 0 saturated carbocycles. The molecule has 40 heavy (non-hydrogen) atoms. The minimum absolute atomic E-state index is 0.0337. The average Bonchev–Trinajstić information content (AvgIpc) is 2.96. The van der Waals surface area contributed by atoms with Gasteiger partial charge in [0.05, 0.1) is 18.5 Å². The summed E-state index contributed by atoms with van der Waals surface area (Å²) < 4.78 is 0. The van der Waals surface area contributed by atoms with Crippen molar-refractivity contribution in [2.75, 3.05) is 5.73 Å². The fourth-order valence-electron chi connectivity index (χ4n) is 4.51. The number of nitrogens with two attached hydrogens (primary N) is 2. The molecule has 0 fully saturated rings. The molecule has 0 aliphatic carbocycles. The number of hydrogen-bond acceptors (Lipinski definition) is 6. The van der Waals surface area contributed by atoms with Crippen molar-refractivity contribution in [3.63, 3.8) is 0 Å². The highest BCUT2D eigenvalue weighted by molar-refractivity contribution is 6.12. The Labute approximate surface area is 234 Å². The fraction of sp³-hybridized carbons (Fsp3) is 0.188. The summed E-state index contributed by atoms with van der Waals surface area (Å²) in [7, 11) is 0. The molecule has 0 aliphatic heterocycles. The number of aryl methyl sites for hydroxylation is 2. The second-order valence-corrected chi connectivity index (χ2v) is 9.62. The maximum Gasteiger partial charge on any atom is 0.254 e. The van der Waals surface area contributed by atoms with E-state index in [-0.39, 0.29) is 17.4 Å². The lowest BCUT2D eigenvalue weighted by atomic mass is 9.96. The molecule has 0 atom stereocenters. The Morgan fingerprint density at radius 1 is 0.900 bits per heavy atom. The molecular weight excluding hydrogens is 500 g/mol. The van der Waals surface area contributed by atoms with Crippen LogP contribution in [0.25, 0.3) is 10.8 Å². The van der Waals surface area contributed by atoms with Crippen LogP contribution in [0.4, 0.5) is 5.82 Å². The van der Waals surface area contributed by atoms with Gasteiger partial charge in [-0.3, -0.25) is 14.6 Å². The summed E-state index contributed by atoms with van der Waals surface area (Å²) in [6.07, 6.45) is 4.72. The zero-order valence-corrected chi connectivity index (χ0v) is 22.8. The molecule has 204 valence electrons. The number of aromatic nitrogens is 1. The van der Waals surface area contributed by atoms with Crippen LogP contribution in [0.5, 0.6) is 0 Å². The third-order valence-electron chi connectivity index (χ3n) is 6.81. The molecule has 4 aromatic rings. The van der Waals surface area contributed by atoms with E-state index < -0.39 is 0 Å². The van der Waals surface area contributed by atoms with E-state index in [1.807, 2.05) is 80.6 Å². The zero-order chi connectivity index (χ0) is 28.5. The topological polar surface area (TPSA) is 135 Å². The molecule has 1 heterocycles. The largest absolute Gasteiger partial charge is 0.404 e. The van der Waals surface area contributed by atoms with Gasteiger partial charge in [0.1, 0.15) is 5.82 Å². The zero-order valence-electron chi connectivity index (χ0n) is 22.8. The van der Waals surface area contributed by atoms with E-state index >= 15 is 0 Å². The summed E-state index contributed by atoms with van der Waals surface area (Å²) in [5.74, 6) is 0.146. The quantitative estimate of drug-likeness (QED) is 0.180. The van der Waals surface area contributed by atoms with Gasteiger partial charge in [-0.2, -0.15) is 0 Å². The number of hydrogen-bond donors (Lipinski definition) is 4. The standard InChI is InChI=1S/C32H34N6O2/c1-21-14-28-27(12-13-36-31(28)34)22(2)29(21)20-38-32(40)26(16-33)19-35-17-25-10-8-23(9-11-25)15-30(39)37-18-24-6-4-3-5-7-24/h3-14,16,19H,15,17-18,20,33H2,1-2H3,(H2,34,36)(H,37,39)(H,38,40)/b26-16+,35-19?. The van der Waals surface area contributed by atoms with Crippen LogP contribution in [0.1, 0.15) is 33.4 Å². The number of aliphatic imine (C=N–C) groups is 1. The van der Waals surface area contributed by atoms with Crippen molar-refractivity contribution in [2.24, 2.45) is 10.7 Å². The number of pyridine rings is 1. The normalized spacial score (nSPS) is 11.6. The van der Waals surface area contributed by atoms with Crippen molar-refractivity contribution in [3.05, 3.63) is 118 Å². The third-order valence-corrected chi connectivity index (χ3v) is 6.81. The highest BCUT2D eigenvalue weighted by Crippen LogP contribution is 2.27. The summed E-state index contributed by atoms with van der Waals surface area (Å²) in [4.78, 5) is 33.6. The van der Waals surface area contributed by atoms with Crippen LogP contribution in [-0.4, -0.2) is 23.0 Å². The summed E-state index contributed by atoms with van der Waals surface area (Å²) in [6.45, 7) is 5.23. The van der Waals surface area contributed by atoms with Crippen molar-refractivity contribution >= 4 is 34.6 Å². The van der Waals surface area contributed by atoms with E-state index in [1.165, 1.54) is 12.4 Å². The molecule has 0 spiro atoms. The van der Waals surface area contributed by atoms with Gasteiger partial charge >= 0.3 is 0 Å². The first-order valence-electron chi connectivity index (χ1n) is 13.1. The Morgan fingerprint density at radius 3 is 2.35 bits per heavy atom. The molecule has 1 aromatic heterocycles. The molecular formula is C32H34N6O2. The van der Waals surface area contributed by atoms with Gasteiger partial charge in [0, 0.05) is 37.1 Å². The second-order valence-electron chi connectivity index (χ2n) is 9.62. The highest BCUT2D eigenvalue weighted by Gasteiger charge is 2.13. The van der Waals surface area contributed by atoms with Gasteiger partial charge in [0.25, 0.3) is 5.91 Å². The van der Waals surface area contributed by atoms with E-state index in [4.69, 9.17) is 11.5 Å². The minimum Gasteiger partial charge on any atom is -0.404 e. The third kappa shape index (κ3) is 7.11. The number of amides is 2. The minimum atomic E-state index is -0.309. The molecule has 0 radical (unpaired) electrons. The summed E-state index contributed by atoms with van der Waals surface area (Å²) >= 11 is 0. The number of anilines is 1. The molecule has 6 N–H and O–H groups in total. The van der Waals surface area contributed by atoms with Crippen LogP contribution in [0.2, 0.25) is 0 Å². The monoisotopic (exact) mass is 534 g/mol. The average molecular weight is 535 g/mol. The van der Waals surface area contributed by atoms with Crippen LogP contribution in [0.3, 0.4) is 0 Å². The smallest absolute Gasteiger partial charge is 0.254 e. The number of nitrogen functional groups attached to an aromatic ring is 1. The maximum absolute atomic E-state index is 12.8. The molecule has 8 nitrogen and oxygen atoms in total. The van der Waals surface area contributed by atoms with Crippen LogP contribution in [0.15, 0.2) is 89.7 Å². The molecule has 0 unspecified atom stereocenters. The van der Waals surface area contributed by atoms with Crippen molar-refractivity contribution in [2.45, 2.75) is 39.9 Å². The highest BCUT2D eigenvalue weighted by atomic mass is 16.2. The number of nitrogens with one attached hydrogen (secondary N) is 2. The summed E-state index contributed by atoms with van der Waals surface area (Å²) in [5, 5.41) is 7.80. The van der Waals surface area contributed by atoms with Crippen LogP contribution < -0.4 is 22.1 Å². The van der Waals surface area contributed by atoms with E-state index in [9.17, 15) is 9.59 Å².